The van der Waals surface area contributed by atoms with Crippen molar-refractivity contribution in [3.8, 4) is 56.4 Å². The number of ether oxygens (including phenoxy) is 2. The minimum absolute atomic E-state index is 0.0677. The minimum Gasteiger partial charge on any atom is -0.458 e. The van der Waals surface area contributed by atoms with Crippen molar-refractivity contribution in [2.45, 2.75) is 5.41 Å². The number of benzene rings is 8. The highest BCUT2D eigenvalue weighted by Gasteiger charge is 2.52. The monoisotopic (exact) mass is 634 g/mol. The zero-order valence-electron chi connectivity index (χ0n) is 27.0. The van der Waals surface area contributed by atoms with Crippen LogP contribution < -0.4 is 25.9 Å². The Kier molecular flexibility index (Phi) is 5.02. The highest BCUT2D eigenvalue weighted by molar-refractivity contribution is 6.98. The molecule has 50 heavy (non-hydrogen) atoms. The molecule has 0 atom stereocenters. The molecule has 0 radical (unpaired) electrons. The molecular formula is C47H27BO2. The molecule has 3 heteroatoms. The molecule has 230 valence electrons. The lowest BCUT2D eigenvalue weighted by Crippen LogP contribution is -2.57. The molecule has 2 aliphatic carbocycles. The molecule has 0 bridgehead atoms. The Morgan fingerprint density at radius 3 is 1.70 bits per heavy atom. The van der Waals surface area contributed by atoms with Gasteiger partial charge in [-0.15, -0.1) is 0 Å². The van der Waals surface area contributed by atoms with Gasteiger partial charge in [0.1, 0.15) is 23.0 Å². The lowest BCUT2D eigenvalue weighted by Gasteiger charge is -2.33. The molecule has 0 saturated carbocycles. The maximum Gasteiger partial charge on any atom is 0.260 e. The van der Waals surface area contributed by atoms with Crippen molar-refractivity contribution >= 4 is 33.9 Å². The highest BCUT2D eigenvalue weighted by atomic mass is 16.5. The third-order valence-electron chi connectivity index (χ3n) is 11.6. The molecule has 4 aliphatic rings. The minimum atomic E-state index is -0.369. The lowest BCUT2D eigenvalue weighted by atomic mass is 9.35. The van der Waals surface area contributed by atoms with Crippen LogP contribution >= 0.6 is 0 Å². The van der Waals surface area contributed by atoms with Gasteiger partial charge in [-0.05, 0) is 108 Å². The van der Waals surface area contributed by atoms with Gasteiger partial charge in [0.2, 0.25) is 0 Å². The predicted molar refractivity (Wildman–Crippen MR) is 203 cm³/mol. The molecule has 1 spiro atoms. The first-order chi connectivity index (χ1) is 24.8. The van der Waals surface area contributed by atoms with Gasteiger partial charge >= 0.3 is 0 Å². The van der Waals surface area contributed by atoms with Crippen LogP contribution in [-0.2, 0) is 5.41 Å². The van der Waals surface area contributed by atoms with Gasteiger partial charge in [0.05, 0.1) is 5.41 Å². The fourth-order valence-corrected chi connectivity index (χ4v) is 9.67. The molecule has 0 amide bonds. The van der Waals surface area contributed by atoms with Crippen LogP contribution in [0.25, 0.3) is 44.2 Å². The van der Waals surface area contributed by atoms with Crippen molar-refractivity contribution in [3.05, 3.63) is 186 Å². The number of hydrogen-bond acceptors (Lipinski definition) is 2. The van der Waals surface area contributed by atoms with Crippen LogP contribution in [0.15, 0.2) is 164 Å². The standard InChI is InChI=1S/C47H27BO2/c1-4-13-36-32(10-1)33-11-2-5-14-37(33)47(36)38-15-6-3-12-34(38)35-24-21-30-26-28(20-23-31(30)45(35)47)29-22-25-40-44(27-29)50-43-19-9-18-42-46(43)48(40)39-16-7-8-17-41(39)49-42/h1-27H. The predicted octanol–water partition coefficient (Wildman–Crippen LogP) is 9.58. The van der Waals surface area contributed by atoms with Crippen molar-refractivity contribution in [3.63, 3.8) is 0 Å². The number of rotatable bonds is 1. The SMILES string of the molecule is c1ccc2c(c1)Oc1cccc3c1B2c1ccc(-c2ccc4c5c(ccc4c2)-c2ccccc2C52c4ccccc4-c4ccccc42)cc1O3. The van der Waals surface area contributed by atoms with E-state index >= 15 is 0 Å². The van der Waals surface area contributed by atoms with Crippen molar-refractivity contribution in [1.82, 2.24) is 0 Å². The Morgan fingerprint density at radius 1 is 0.400 bits per heavy atom. The second-order valence-electron chi connectivity index (χ2n) is 13.9. The zero-order valence-corrected chi connectivity index (χ0v) is 27.0. The van der Waals surface area contributed by atoms with Crippen molar-refractivity contribution in [1.29, 1.82) is 0 Å². The molecule has 0 fully saturated rings. The van der Waals surface area contributed by atoms with Crippen LogP contribution in [0.5, 0.6) is 23.0 Å². The summed E-state index contributed by atoms with van der Waals surface area (Å²) in [6, 6.07) is 60.0. The summed E-state index contributed by atoms with van der Waals surface area (Å²) >= 11 is 0. The van der Waals surface area contributed by atoms with Crippen molar-refractivity contribution in [2.75, 3.05) is 0 Å². The molecule has 8 aromatic carbocycles. The van der Waals surface area contributed by atoms with Crippen LogP contribution in [-0.4, -0.2) is 6.71 Å². The number of hydrogen-bond donors (Lipinski definition) is 0. The van der Waals surface area contributed by atoms with Crippen LogP contribution in [0.2, 0.25) is 0 Å². The molecule has 0 aromatic heterocycles. The second-order valence-corrected chi connectivity index (χ2v) is 13.9. The van der Waals surface area contributed by atoms with Crippen molar-refractivity contribution < 1.29 is 9.47 Å². The van der Waals surface area contributed by atoms with Gasteiger partial charge in [0.15, 0.2) is 0 Å². The zero-order chi connectivity index (χ0) is 32.6. The number of fused-ring (bicyclic) bond motifs is 16. The van der Waals surface area contributed by atoms with E-state index in [0.29, 0.717) is 0 Å². The summed E-state index contributed by atoms with van der Waals surface area (Å²) in [5.74, 6) is 3.54. The van der Waals surface area contributed by atoms with Crippen LogP contribution in [0, 0.1) is 0 Å². The number of para-hydroxylation sites is 1. The summed E-state index contributed by atoms with van der Waals surface area (Å²) in [5.41, 5.74) is 16.2. The molecular weight excluding hydrogens is 607 g/mol. The molecule has 2 nitrogen and oxygen atoms in total. The topological polar surface area (TPSA) is 18.5 Å². The average molecular weight is 635 g/mol. The maximum absolute atomic E-state index is 6.64. The van der Waals surface area contributed by atoms with E-state index in [9.17, 15) is 0 Å². The van der Waals surface area contributed by atoms with E-state index in [4.69, 9.17) is 9.47 Å². The van der Waals surface area contributed by atoms with Gasteiger partial charge in [0, 0.05) is 5.46 Å². The van der Waals surface area contributed by atoms with Gasteiger partial charge in [-0.25, -0.2) is 0 Å². The van der Waals surface area contributed by atoms with E-state index in [2.05, 4.69) is 146 Å². The summed E-state index contributed by atoms with van der Waals surface area (Å²) in [6.45, 7) is 0.0677. The third kappa shape index (κ3) is 3.21. The molecule has 0 saturated heterocycles. The average Bonchev–Trinajstić information content (AvgIpc) is 3.65. The fourth-order valence-electron chi connectivity index (χ4n) is 9.67. The first-order valence-electron chi connectivity index (χ1n) is 17.4. The van der Waals surface area contributed by atoms with Gasteiger partial charge in [-0.3, -0.25) is 0 Å². The van der Waals surface area contributed by atoms with E-state index < -0.39 is 0 Å². The van der Waals surface area contributed by atoms with E-state index in [-0.39, 0.29) is 12.1 Å². The lowest BCUT2D eigenvalue weighted by molar-refractivity contribution is 0.464. The van der Waals surface area contributed by atoms with Crippen LogP contribution in [0.4, 0.5) is 0 Å². The van der Waals surface area contributed by atoms with E-state index in [1.54, 1.807) is 0 Å². The Bertz CT molecular complexity index is 2730. The molecule has 12 rings (SSSR count). The molecule has 2 heterocycles. The fraction of sp³-hybridized carbons (Fsp3) is 0.0213. The molecule has 0 N–H and O–H groups in total. The quantitative estimate of drug-likeness (QED) is 0.168. The summed E-state index contributed by atoms with van der Waals surface area (Å²) < 4.78 is 13.0. The molecule has 2 aliphatic heterocycles. The Balaban J connectivity index is 1.05. The van der Waals surface area contributed by atoms with Gasteiger partial charge in [0.25, 0.3) is 6.71 Å². The van der Waals surface area contributed by atoms with Crippen LogP contribution in [0.1, 0.15) is 22.3 Å². The summed E-state index contributed by atoms with van der Waals surface area (Å²) in [4.78, 5) is 0. The van der Waals surface area contributed by atoms with Gasteiger partial charge in [-0.1, -0.05) is 133 Å². The second kappa shape index (κ2) is 9.43. The Labute approximate surface area is 290 Å². The van der Waals surface area contributed by atoms with E-state index in [1.165, 1.54) is 71.8 Å². The summed E-state index contributed by atoms with van der Waals surface area (Å²) in [5, 5.41) is 2.53. The van der Waals surface area contributed by atoms with E-state index in [0.717, 1.165) is 34.0 Å². The maximum atomic E-state index is 6.64. The summed E-state index contributed by atoms with van der Waals surface area (Å²) in [6.07, 6.45) is 0. The molecule has 0 unspecified atom stereocenters. The Hall–Kier alpha value is -6.32. The van der Waals surface area contributed by atoms with Gasteiger partial charge < -0.3 is 9.47 Å². The Morgan fingerprint density at radius 2 is 0.960 bits per heavy atom. The van der Waals surface area contributed by atoms with Gasteiger partial charge in [-0.2, -0.15) is 0 Å². The van der Waals surface area contributed by atoms with E-state index in [1.807, 2.05) is 18.2 Å². The highest BCUT2D eigenvalue weighted by Crippen LogP contribution is 2.64. The first kappa shape index (κ1) is 26.6. The molecule has 8 aromatic rings. The third-order valence-corrected chi connectivity index (χ3v) is 11.6. The largest absolute Gasteiger partial charge is 0.458 e. The smallest absolute Gasteiger partial charge is 0.260 e. The van der Waals surface area contributed by atoms with Crippen LogP contribution in [0.3, 0.4) is 0 Å². The first-order valence-corrected chi connectivity index (χ1v) is 17.4. The normalized spacial score (nSPS) is 14.4. The summed E-state index contributed by atoms with van der Waals surface area (Å²) in [7, 11) is 0. The van der Waals surface area contributed by atoms with Crippen molar-refractivity contribution in [2.24, 2.45) is 0 Å².